The first-order valence-corrected chi connectivity index (χ1v) is 13.8. The standard InChI is InChI=1S/C24H19Cl2F3N2O3S2/c1-23(2,32)21-12-18(31(30-21)22-16(24(27,28)29)10-14(25)11-17(22)26)20-8-7-19(35-20)13-5-4-6-15(9-13)36(3,33)34/h4-12,32H,1-3H3. The number of thiophene rings is 1. The molecule has 1 N–H and O–H groups in total. The smallest absolute Gasteiger partial charge is 0.384 e. The number of hydrogen-bond acceptors (Lipinski definition) is 5. The zero-order valence-electron chi connectivity index (χ0n) is 19.1. The Labute approximate surface area is 219 Å². The highest BCUT2D eigenvalue weighted by atomic mass is 35.5. The number of sulfone groups is 1. The molecule has 0 amide bonds. The molecule has 0 aliphatic carbocycles. The summed E-state index contributed by atoms with van der Waals surface area (Å²) in [4.78, 5) is 1.36. The van der Waals surface area contributed by atoms with Crippen molar-refractivity contribution in [1.82, 2.24) is 9.78 Å². The zero-order chi connectivity index (χ0) is 26.6. The van der Waals surface area contributed by atoms with Crippen molar-refractivity contribution >= 4 is 44.4 Å². The topological polar surface area (TPSA) is 72.2 Å². The normalized spacial score (nSPS) is 12.8. The maximum atomic E-state index is 14.0. The van der Waals surface area contributed by atoms with Crippen LogP contribution in [0.1, 0.15) is 25.1 Å². The molecule has 4 aromatic rings. The van der Waals surface area contributed by atoms with Crippen molar-refractivity contribution in [3.8, 4) is 26.7 Å². The number of aliphatic hydroxyl groups is 1. The van der Waals surface area contributed by atoms with Crippen molar-refractivity contribution in [3.63, 3.8) is 0 Å². The highest BCUT2D eigenvalue weighted by molar-refractivity contribution is 7.90. The largest absolute Gasteiger partial charge is 0.418 e. The molecule has 0 aliphatic rings. The molecule has 12 heteroatoms. The van der Waals surface area contributed by atoms with Gasteiger partial charge in [-0.1, -0.05) is 35.3 Å². The first-order valence-electron chi connectivity index (χ1n) is 10.4. The zero-order valence-corrected chi connectivity index (χ0v) is 22.2. The molecule has 0 radical (unpaired) electrons. The van der Waals surface area contributed by atoms with Gasteiger partial charge >= 0.3 is 6.18 Å². The van der Waals surface area contributed by atoms with Crippen LogP contribution in [0.5, 0.6) is 0 Å². The Hall–Kier alpha value is -2.37. The second kappa shape index (κ2) is 9.18. The summed E-state index contributed by atoms with van der Waals surface area (Å²) < 4.78 is 66.9. The second-order valence-corrected chi connectivity index (χ2v) is 12.6. The lowest BCUT2D eigenvalue weighted by atomic mass is 10.1. The monoisotopic (exact) mass is 574 g/mol. The number of halogens is 5. The molecule has 0 unspecified atom stereocenters. The predicted octanol–water partition coefficient (Wildman–Crippen LogP) is 7.22. The SMILES string of the molecule is CC(C)(O)c1cc(-c2ccc(-c3cccc(S(C)(=O)=O)c3)s2)n(-c2c(Cl)cc(Cl)cc2C(F)(F)F)n1. The van der Waals surface area contributed by atoms with Crippen LogP contribution >= 0.6 is 34.5 Å². The van der Waals surface area contributed by atoms with Crippen LogP contribution in [0, 0.1) is 0 Å². The van der Waals surface area contributed by atoms with Gasteiger partial charge < -0.3 is 5.11 Å². The van der Waals surface area contributed by atoms with Crippen LogP contribution in [0.15, 0.2) is 59.5 Å². The van der Waals surface area contributed by atoms with Gasteiger partial charge in [-0.05, 0) is 61.9 Å². The Balaban J connectivity index is 1.94. The molecule has 0 fully saturated rings. The average molecular weight is 575 g/mol. The third-order valence-corrected chi connectivity index (χ3v) is 8.06. The maximum Gasteiger partial charge on any atom is 0.418 e. The molecular formula is C24H19Cl2F3N2O3S2. The lowest BCUT2D eigenvalue weighted by molar-refractivity contribution is -0.137. The van der Waals surface area contributed by atoms with E-state index in [9.17, 15) is 26.7 Å². The molecule has 0 spiro atoms. The van der Waals surface area contributed by atoms with Crippen molar-refractivity contribution < 1.29 is 26.7 Å². The summed E-state index contributed by atoms with van der Waals surface area (Å²) in [6, 6.07) is 13.2. The molecule has 2 aromatic carbocycles. The van der Waals surface area contributed by atoms with Gasteiger partial charge in [-0.15, -0.1) is 11.3 Å². The summed E-state index contributed by atoms with van der Waals surface area (Å²) in [6.07, 6.45) is -3.68. The number of aromatic nitrogens is 2. The third-order valence-electron chi connectivity index (χ3n) is 5.29. The van der Waals surface area contributed by atoms with Crippen LogP contribution in [-0.2, 0) is 21.6 Å². The van der Waals surface area contributed by atoms with E-state index in [1.165, 1.54) is 49.4 Å². The molecule has 5 nitrogen and oxygen atoms in total. The highest BCUT2D eigenvalue weighted by Crippen LogP contribution is 2.43. The van der Waals surface area contributed by atoms with Gasteiger partial charge in [0.2, 0.25) is 0 Å². The van der Waals surface area contributed by atoms with Gasteiger partial charge in [-0.25, -0.2) is 13.1 Å². The van der Waals surface area contributed by atoms with Gasteiger partial charge in [-0.2, -0.15) is 18.3 Å². The van der Waals surface area contributed by atoms with Crippen LogP contribution in [0.2, 0.25) is 10.0 Å². The van der Waals surface area contributed by atoms with Crippen LogP contribution in [0.3, 0.4) is 0 Å². The average Bonchev–Trinajstić information content (AvgIpc) is 3.39. The molecule has 0 saturated heterocycles. The predicted molar refractivity (Wildman–Crippen MR) is 136 cm³/mol. The summed E-state index contributed by atoms with van der Waals surface area (Å²) in [5, 5.41) is 14.4. The number of alkyl halides is 3. The first kappa shape index (κ1) is 26.7. The van der Waals surface area contributed by atoms with Gasteiger partial charge in [0.25, 0.3) is 0 Å². The molecule has 2 aromatic heterocycles. The van der Waals surface area contributed by atoms with E-state index in [1.54, 1.807) is 24.3 Å². The van der Waals surface area contributed by atoms with Crippen molar-refractivity contribution in [2.45, 2.75) is 30.5 Å². The van der Waals surface area contributed by atoms with Crippen LogP contribution in [0.25, 0.3) is 26.7 Å². The van der Waals surface area contributed by atoms with Gasteiger partial charge in [0.1, 0.15) is 5.60 Å². The fourth-order valence-electron chi connectivity index (χ4n) is 3.53. The van der Waals surface area contributed by atoms with Crippen LogP contribution in [0.4, 0.5) is 13.2 Å². The van der Waals surface area contributed by atoms with Gasteiger partial charge in [0.15, 0.2) is 9.84 Å². The van der Waals surface area contributed by atoms with E-state index in [0.29, 0.717) is 15.3 Å². The van der Waals surface area contributed by atoms with Crippen LogP contribution in [-0.4, -0.2) is 29.6 Å². The Morgan fingerprint density at radius 1 is 1.00 bits per heavy atom. The van der Waals surface area contributed by atoms with E-state index in [4.69, 9.17) is 23.2 Å². The van der Waals surface area contributed by atoms with E-state index in [2.05, 4.69) is 5.10 Å². The minimum absolute atomic E-state index is 0.130. The molecule has 4 rings (SSSR count). The molecule has 36 heavy (non-hydrogen) atoms. The molecule has 0 aliphatic heterocycles. The summed E-state index contributed by atoms with van der Waals surface area (Å²) >= 11 is 13.4. The quantitative estimate of drug-likeness (QED) is 0.273. The Morgan fingerprint density at radius 2 is 1.67 bits per heavy atom. The summed E-state index contributed by atoms with van der Waals surface area (Å²) in [5.41, 5.74) is -1.94. The summed E-state index contributed by atoms with van der Waals surface area (Å²) in [6.45, 7) is 2.93. The molecular weight excluding hydrogens is 556 g/mol. The van der Waals surface area contributed by atoms with Crippen molar-refractivity contribution in [1.29, 1.82) is 0 Å². The molecule has 0 atom stereocenters. The minimum atomic E-state index is -4.78. The fourth-order valence-corrected chi connectivity index (χ4v) is 5.78. The second-order valence-electron chi connectivity index (χ2n) is 8.63. The molecule has 0 bridgehead atoms. The van der Waals surface area contributed by atoms with Gasteiger partial charge in [0.05, 0.1) is 37.4 Å². The summed E-state index contributed by atoms with van der Waals surface area (Å²) in [7, 11) is -3.43. The van der Waals surface area contributed by atoms with Crippen molar-refractivity contribution in [2.24, 2.45) is 0 Å². The Bertz CT molecular complexity index is 1570. The number of rotatable bonds is 5. The number of benzene rings is 2. The van der Waals surface area contributed by atoms with Gasteiger partial charge in [-0.3, -0.25) is 0 Å². The third kappa shape index (κ3) is 5.33. The van der Waals surface area contributed by atoms with Crippen molar-refractivity contribution in [3.05, 3.63) is 75.9 Å². The fraction of sp³-hybridized carbons (Fsp3) is 0.208. The Kier molecular flexibility index (Phi) is 6.81. The lowest BCUT2D eigenvalue weighted by Crippen LogP contribution is -2.17. The number of hydrogen-bond donors (Lipinski definition) is 1. The van der Waals surface area contributed by atoms with E-state index >= 15 is 0 Å². The summed E-state index contributed by atoms with van der Waals surface area (Å²) in [5.74, 6) is 0. The maximum absolute atomic E-state index is 14.0. The first-order chi connectivity index (χ1) is 16.6. The minimum Gasteiger partial charge on any atom is -0.384 e. The van der Waals surface area contributed by atoms with E-state index < -0.39 is 32.9 Å². The molecule has 190 valence electrons. The molecule has 2 heterocycles. The highest BCUT2D eigenvalue weighted by Gasteiger charge is 2.37. The Morgan fingerprint density at radius 3 is 2.28 bits per heavy atom. The lowest BCUT2D eigenvalue weighted by Gasteiger charge is -2.17. The van der Waals surface area contributed by atoms with E-state index in [-0.39, 0.29) is 26.3 Å². The van der Waals surface area contributed by atoms with Crippen molar-refractivity contribution in [2.75, 3.05) is 6.26 Å². The van der Waals surface area contributed by atoms with E-state index in [1.807, 2.05) is 0 Å². The van der Waals surface area contributed by atoms with E-state index in [0.717, 1.165) is 17.0 Å². The molecule has 0 saturated carbocycles. The van der Waals surface area contributed by atoms with Gasteiger partial charge in [0, 0.05) is 16.2 Å². The van der Waals surface area contributed by atoms with Crippen LogP contribution < -0.4 is 0 Å². The number of nitrogens with zero attached hydrogens (tertiary/aromatic N) is 2.